The minimum Gasteiger partial charge on any atom is -0.478 e. The zero-order valence-corrected chi connectivity index (χ0v) is 18.3. The van der Waals surface area contributed by atoms with E-state index in [0.717, 1.165) is 24.3 Å². The summed E-state index contributed by atoms with van der Waals surface area (Å²) < 4.78 is 13.8. The van der Waals surface area contributed by atoms with E-state index in [-0.39, 0.29) is 26.4 Å². The first-order chi connectivity index (χ1) is 15.3. The molecule has 14 heteroatoms. The molecule has 0 saturated carbocycles. The van der Waals surface area contributed by atoms with Gasteiger partial charge in [0.15, 0.2) is 6.10 Å². The van der Waals surface area contributed by atoms with Crippen molar-refractivity contribution < 1.29 is 63.7 Å². The molecule has 0 amide bonds. The van der Waals surface area contributed by atoms with E-state index in [0.29, 0.717) is 0 Å². The molecule has 0 aromatic rings. The minimum atomic E-state index is -1.10. The predicted octanol–water partition coefficient (Wildman–Crippen LogP) is 0.0347. The first-order valence-electron chi connectivity index (χ1n) is 8.39. The molecule has 33 heavy (non-hydrogen) atoms. The van der Waals surface area contributed by atoms with Crippen LogP contribution in [0.4, 0.5) is 4.79 Å². The third-order valence-electron chi connectivity index (χ3n) is 2.19. The van der Waals surface area contributed by atoms with Crippen LogP contribution < -0.4 is 0 Å². The lowest BCUT2D eigenvalue weighted by Crippen LogP contribution is -2.28. The van der Waals surface area contributed by atoms with Crippen molar-refractivity contribution in [3.05, 3.63) is 50.6 Å². The molecule has 13 nitrogen and oxygen atoms in total. The molecule has 0 atom stereocenters. The van der Waals surface area contributed by atoms with E-state index in [4.69, 9.17) is 37.1 Å². The van der Waals surface area contributed by atoms with E-state index in [2.05, 4.69) is 40.5 Å². The topological polar surface area (TPSA) is 214 Å². The van der Waals surface area contributed by atoms with Gasteiger partial charge in [-0.05, 0) is 0 Å². The fourth-order valence-electron chi connectivity index (χ4n) is 0.773. The number of esters is 2. The van der Waals surface area contributed by atoms with Gasteiger partial charge in [-0.2, -0.15) is 0 Å². The number of carbonyl (C=O) groups excluding carboxylic acids is 3. The Balaban J connectivity index is -0.000000213. The van der Waals surface area contributed by atoms with Gasteiger partial charge in [0.25, 0.3) is 0 Å². The number of carboxylic acids is 2. The number of ether oxygens (including phenoxy) is 3. The van der Waals surface area contributed by atoms with Gasteiger partial charge in [0.05, 0.1) is 13.2 Å². The molecule has 5 N–H and O–H groups in total. The summed E-state index contributed by atoms with van der Waals surface area (Å²) in [6.45, 7) is 11.0. The van der Waals surface area contributed by atoms with Crippen molar-refractivity contribution >= 4 is 40.9 Å². The van der Waals surface area contributed by atoms with Crippen molar-refractivity contribution in [3.8, 4) is 0 Å². The number of aliphatic hydroxyl groups is 3. The smallest absolute Gasteiger partial charge is 0.404 e. The lowest BCUT2D eigenvalue weighted by Gasteiger charge is -2.15. The molecule has 0 aliphatic rings. The lowest BCUT2D eigenvalue weighted by molar-refractivity contribution is -0.146. The first kappa shape index (κ1) is 36.8. The standard InChI is InChI=1S/C10H11ClO6.C3H8O3.2C3H4O2/c1-3-8(12)15-5-7(17-10(11)14)6-16-9(13)4-2;4-1-3(6)2-5;2*1-2-3(4)5/h3-4,7H,1-2,5-6H2;3-6H,1-2H2;2*2H,1H2,(H,4,5). The highest BCUT2D eigenvalue weighted by atomic mass is 35.5. The number of aliphatic hydroxyl groups excluding tert-OH is 3. The molecule has 0 aliphatic heterocycles. The summed E-state index contributed by atoms with van der Waals surface area (Å²) in [7, 11) is 0. The van der Waals surface area contributed by atoms with Crippen LogP contribution in [-0.2, 0) is 33.4 Å². The zero-order chi connectivity index (χ0) is 26.8. The summed E-state index contributed by atoms with van der Waals surface area (Å²) in [4.78, 5) is 50.5. The van der Waals surface area contributed by atoms with Crippen LogP contribution in [0.5, 0.6) is 0 Å². The van der Waals surface area contributed by atoms with Gasteiger partial charge < -0.3 is 39.7 Å². The molecule has 188 valence electrons. The van der Waals surface area contributed by atoms with Crippen LogP contribution in [-0.4, -0.2) is 93.5 Å². The largest absolute Gasteiger partial charge is 0.478 e. The van der Waals surface area contributed by atoms with Crippen LogP contribution in [0.2, 0.25) is 0 Å². The second kappa shape index (κ2) is 26.5. The van der Waals surface area contributed by atoms with E-state index in [1.54, 1.807) is 0 Å². The Hall–Kier alpha value is -3.52. The van der Waals surface area contributed by atoms with Crippen LogP contribution in [0.3, 0.4) is 0 Å². The third-order valence-corrected chi connectivity index (χ3v) is 2.28. The third kappa shape index (κ3) is 39.5. The average Bonchev–Trinajstić information content (AvgIpc) is 2.80. The Bertz CT molecular complexity index is 600. The highest BCUT2D eigenvalue weighted by Crippen LogP contribution is 2.00. The monoisotopic (exact) mass is 498 g/mol. The Kier molecular flexibility index (Phi) is 29.6. The van der Waals surface area contributed by atoms with Gasteiger partial charge in [0, 0.05) is 35.9 Å². The van der Waals surface area contributed by atoms with Gasteiger partial charge in [-0.3, -0.25) is 0 Å². The van der Waals surface area contributed by atoms with Gasteiger partial charge in [-0.1, -0.05) is 26.3 Å². The average molecular weight is 499 g/mol. The molecular formula is C19H27ClO13. The van der Waals surface area contributed by atoms with Crippen LogP contribution in [0.1, 0.15) is 0 Å². The quantitative estimate of drug-likeness (QED) is 0.110. The first-order valence-corrected chi connectivity index (χ1v) is 8.77. The molecule has 0 unspecified atom stereocenters. The van der Waals surface area contributed by atoms with Crippen LogP contribution in [0.15, 0.2) is 50.6 Å². The van der Waals surface area contributed by atoms with Gasteiger partial charge in [-0.15, -0.1) is 0 Å². The maximum Gasteiger partial charge on any atom is 0.404 e. The molecule has 0 saturated heterocycles. The molecular weight excluding hydrogens is 472 g/mol. The lowest BCUT2D eigenvalue weighted by atomic mass is 10.4. The number of halogens is 1. The molecule has 0 bridgehead atoms. The van der Waals surface area contributed by atoms with Crippen LogP contribution in [0, 0.1) is 0 Å². The second-order valence-corrected chi connectivity index (χ2v) is 5.06. The van der Waals surface area contributed by atoms with Crippen molar-refractivity contribution in [1.82, 2.24) is 0 Å². The van der Waals surface area contributed by atoms with E-state index in [1.165, 1.54) is 0 Å². The van der Waals surface area contributed by atoms with E-state index >= 15 is 0 Å². The Morgan fingerprint density at radius 1 is 0.758 bits per heavy atom. The van der Waals surface area contributed by atoms with Gasteiger partial charge in [-0.25, -0.2) is 24.0 Å². The summed E-state index contributed by atoms with van der Waals surface area (Å²) in [5.74, 6) is -3.36. The highest BCUT2D eigenvalue weighted by molar-refractivity contribution is 6.61. The molecule has 0 rings (SSSR count). The number of carbonyl (C=O) groups is 5. The summed E-state index contributed by atoms with van der Waals surface area (Å²) >= 11 is 4.99. The zero-order valence-electron chi connectivity index (χ0n) is 17.5. The summed E-state index contributed by atoms with van der Waals surface area (Å²) in [5.41, 5.74) is -1.10. The van der Waals surface area contributed by atoms with Crippen molar-refractivity contribution in [2.75, 3.05) is 26.4 Å². The van der Waals surface area contributed by atoms with Gasteiger partial charge in [0.1, 0.15) is 19.3 Å². The Morgan fingerprint density at radius 3 is 1.21 bits per heavy atom. The molecule has 0 fully saturated rings. The summed E-state index contributed by atoms with van der Waals surface area (Å²) in [6.07, 6.45) is 1.61. The van der Waals surface area contributed by atoms with Crippen molar-refractivity contribution in [2.24, 2.45) is 0 Å². The normalized spacial score (nSPS) is 8.55. The van der Waals surface area contributed by atoms with Gasteiger partial charge in [0.2, 0.25) is 0 Å². The van der Waals surface area contributed by atoms with Crippen molar-refractivity contribution in [2.45, 2.75) is 12.2 Å². The number of carboxylic acid groups (broad SMARTS) is 2. The highest BCUT2D eigenvalue weighted by Gasteiger charge is 2.17. The number of aliphatic carboxylic acids is 2. The molecule has 0 spiro atoms. The summed E-state index contributed by atoms with van der Waals surface area (Å²) in [5, 5.41) is 39.2. The maximum absolute atomic E-state index is 10.8. The number of rotatable bonds is 11. The van der Waals surface area contributed by atoms with E-state index in [1.807, 2.05) is 0 Å². The number of hydrogen-bond donors (Lipinski definition) is 5. The Morgan fingerprint density at radius 2 is 1.06 bits per heavy atom. The molecule has 0 aliphatic carbocycles. The number of hydrogen-bond acceptors (Lipinski definition) is 11. The van der Waals surface area contributed by atoms with E-state index in [9.17, 15) is 24.0 Å². The fourth-order valence-corrected chi connectivity index (χ4v) is 0.899. The van der Waals surface area contributed by atoms with Gasteiger partial charge >= 0.3 is 29.3 Å². The fraction of sp³-hybridized carbons (Fsp3) is 0.316. The second-order valence-electron chi connectivity index (χ2n) is 4.75. The van der Waals surface area contributed by atoms with Crippen LogP contribution in [0.25, 0.3) is 0 Å². The van der Waals surface area contributed by atoms with Crippen molar-refractivity contribution in [1.29, 1.82) is 0 Å². The molecule has 0 radical (unpaired) electrons. The summed E-state index contributed by atoms with van der Waals surface area (Å²) in [6, 6.07) is 0. The van der Waals surface area contributed by atoms with Crippen LogP contribution >= 0.6 is 11.6 Å². The maximum atomic E-state index is 10.8. The predicted molar refractivity (Wildman–Crippen MR) is 114 cm³/mol. The molecule has 0 aromatic carbocycles. The van der Waals surface area contributed by atoms with Crippen molar-refractivity contribution in [3.63, 3.8) is 0 Å². The Labute approximate surface area is 194 Å². The molecule has 0 aromatic heterocycles. The minimum absolute atomic E-state index is 0.298. The SMILES string of the molecule is C=CC(=O)O.C=CC(=O)O.C=CC(=O)OCC(COC(=O)C=C)OC(=O)Cl.OCC(O)CO. The van der Waals surface area contributed by atoms with E-state index < -0.39 is 41.5 Å². The molecule has 0 heterocycles.